The minimum atomic E-state index is -0.259. The average Bonchev–Trinajstić information content (AvgIpc) is 3.08. The fraction of sp³-hybridized carbons (Fsp3) is 0.0526. The highest BCUT2D eigenvalue weighted by Crippen LogP contribution is 2.33. The molecule has 2 aromatic carbocycles. The van der Waals surface area contributed by atoms with Gasteiger partial charge in [-0.05, 0) is 46.3 Å². The van der Waals surface area contributed by atoms with Crippen molar-refractivity contribution >= 4 is 76.2 Å². The van der Waals surface area contributed by atoms with Gasteiger partial charge >= 0.3 is 0 Å². The van der Waals surface area contributed by atoms with E-state index in [0.29, 0.717) is 10.9 Å². The summed E-state index contributed by atoms with van der Waals surface area (Å²) in [6.45, 7) is 0. The molecule has 0 atom stereocenters. The molecule has 0 aliphatic rings. The predicted octanol–water partition coefficient (Wildman–Crippen LogP) is 6.76. The molecule has 4 nitrogen and oxygen atoms in total. The lowest BCUT2D eigenvalue weighted by molar-refractivity contribution is -0.111. The zero-order valence-electron chi connectivity index (χ0n) is 14.0. The Morgan fingerprint density at radius 2 is 1.89 bits per heavy atom. The molecule has 0 bridgehead atoms. The Bertz CT molecular complexity index is 1000. The first kappa shape index (κ1) is 20.3. The van der Waals surface area contributed by atoms with Crippen LogP contribution in [-0.4, -0.2) is 18.0 Å². The van der Waals surface area contributed by atoms with Crippen molar-refractivity contribution in [3.8, 4) is 17.0 Å². The normalized spacial score (nSPS) is 11.0. The number of thiazole rings is 1. The molecular weight excluding hydrogens is 560 g/mol. The molecule has 0 saturated heterocycles. The number of nitrogens with one attached hydrogen (secondary N) is 1. The summed E-state index contributed by atoms with van der Waals surface area (Å²) < 4.78 is 8.07. The number of carbonyl (C=O) groups excluding carboxylic acids is 1. The Labute approximate surface area is 186 Å². The van der Waals surface area contributed by atoms with Crippen LogP contribution >= 0.6 is 59.1 Å². The smallest absolute Gasteiger partial charge is 0.250 e. The summed E-state index contributed by atoms with van der Waals surface area (Å²) in [6, 6.07) is 11.6. The highest BCUT2D eigenvalue weighted by atomic mass is 79.9. The maximum atomic E-state index is 12.2. The van der Waals surface area contributed by atoms with Crippen molar-refractivity contribution in [2.24, 2.45) is 0 Å². The van der Waals surface area contributed by atoms with E-state index in [9.17, 15) is 4.79 Å². The van der Waals surface area contributed by atoms with Crippen LogP contribution in [0, 0.1) is 0 Å². The van der Waals surface area contributed by atoms with Crippen molar-refractivity contribution in [1.29, 1.82) is 0 Å². The Hall–Kier alpha value is -1.48. The second-order valence-corrected chi connectivity index (χ2v) is 8.92. The van der Waals surface area contributed by atoms with E-state index in [-0.39, 0.29) is 5.91 Å². The van der Waals surface area contributed by atoms with Gasteiger partial charge in [0.15, 0.2) is 5.13 Å². The third-order valence-corrected chi connectivity index (χ3v) is 5.86. The van der Waals surface area contributed by atoms with Crippen molar-refractivity contribution in [3.05, 3.63) is 66.8 Å². The third-order valence-electron chi connectivity index (χ3n) is 3.53. The van der Waals surface area contributed by atoms with Crippen LogP contribution in [0.25, 0.3) is 17.3 Å². The van der Waals surface area contributed by atoms with E-state index in [4.69, 9.17) is 4.74 Å². The molecule has 0 aliphatic heterocycles. The second-order valence-electron chi connectivity index (χ2n) is 5.38. The summed E-state index contributed by atoms with van der Waals surface area (Å²) in [4.78, 5) is 16.7. The summed E-state index contributed by atoms with van der Waals surface area (Å²) in [5.41, 5.74) is 2.60. The van der Waals surface area contributed by atoms with Gasteiger partial charge in [-0.3, -0.25) is 10.1 Å². The van der Waals surface area contributed by atoms with Crippen LogP contribution in [0.2, 0.25) is 0 Å². The van der Waals surface area contributed by atoms with E-state index >= 15 is 0 Å². The van der Waals surface area contributed by atoms with Gasteiger partial charge in [-0.25, -0.2) is 4.98 Å². The molecule has 0 aliphatic carbocycles. The summed E-state index contributed by atoms with van der Waals surface area (Å²) in [7, 11) is 1.59. The van der Waals surface area contributed by atoms with Gasteiger partial charge in [0, 0.05) is 31.5 Å². The van der Waals surface area contributed by atoms with Crippen molar-refractivity contribution in [2.75, 3.05) is 12.4 Å². The van der Waals surface area contributed by atoms with Crippen LogP contribution in [0.4, 0.5) is 5.13 Å². The lowest BCUT2D eigenvalue weighted by Gasteiger charge is -2.08. The van der Waals surface area contributed by atoms with E-state index in [1.54, 1.807) is 13.2 Å². The number of carbonyl (C=O) groups is 1. The standard InChI is InChI=1S/C19H13Br3N2O2S/c1-26-18-12(8-14(21)9-15(18)22)4-7-17(25)24-19-23-16(10-27-19)11-2-5-13(20)6-3-11/h2-10H,1H3,(H,23,24,25)/b7-4+. The van der Waals surface area contributed by atoms with Gasteiger partial charge in [-0.2, -0.15) is 0 Å². The molecule has 0 unspecified atom stereocenters. The van der Waals surface area contributed by atoms with Crippen molar-refractivity contribution < 1.29 is 9.53 Å². The van der Waals surface area contributed by atoms with Crippen molar-refractivity contribution in [2.45, 2.75) is 0 Å². The van der Waals surface area contributed by atoms with Gasteiger partial charge in [-0.1, -0.05) is 44.0 Å². The maximum absolute atomic E-state index is 12.2. The number of benzene rings is 2. The fourth-order valence-corrected chi connectivity index (χ4v) is 4.72. The highest BCUT2D eigenvalue weighted by molar-refractivity contribution is 9.11. The number of rotatable bonds is 5. The predicted molar refractivity (Wildman–Crippen MR) is 121 cm³/mol. The third kappa shape index (κ3) is 5.28. The molecule has 0 fully saturated rings. The molecule has 0 saturated carbocycles. The minimum absolute atomic E-state index is 0.259. The molecule has 3 aromatic rings. The molecule has 1 amide bonds. The first-order valence-electron chi connectivity index (χ1n) is 7.70. The maximum Gasteiger partial charge on any atom is 0.250 e. The fourth-order valence-electron chi connectivity index (χ4n) is 2.32. The lowest BCUT2D eigenvalue weighted by atomic mass is 10.2. The zero-order valence-corrected chi connectivity index (χ0v) is 19.6. The Kier molecular flexibility index (Phi) is 6.86. The monoisotopic (exact) mass is 570 g/mol. The Morgan fingerprint density at radius 3 is 2.59 bits per heavy atom. The molecule has 1 heterocycles. The number of halogens is 3. The number of amides is 1. The Morgan fingerprint density at radius 1 is 1.15 bits per heavy atom. The molecule has 1 aromatic heterocycles. The number of methoxy groups -OCH3 is 1. The highest BCUT2D eigenvalue weighted by Gasteiger charge is 2.09. The van der Waals surface area contributed by atoms with Crippen LogP contribution in [0.3, 0.4) is 0 Å². The van der Waals surface area contributed by atoms with E-state index in [1.165, 1.54) is 17.4 Å². The summed E-state index contributed by atoms with van der Waals surface area (Å²) >= 11 is 11.7. The zero-order chi connectivity index (χ0) is 19.4. The number of nitrogens with zero attached hydrogens (tertiary/aromatic N) is 1. The van der Waals surface area contributed by atoms with E-state index in [0.717, 1.165) is 30.2 Å². The van der Waals surface area contributed by atoms with E-state index in [1.807, 2.05) is 41.8 Å². The lowest BCUT2D eigenvalue weighted by Crippen LogP contribution is -2.07. The Balaban J connectivity index is 1.72. The summed E-state index contributed by atoms with van der Waals surface area (Å²) in [5, 5.41) is 5.25. The van der Waals surface area contributed by atoms with Crippen LogP contribution < -0.4 is 10.1 Å². The van der Waals surface area contributed by atoms with Gasteiger partial charge < -0.3 is 4.74 Å². The van der Waals surface area contributed by atoms with Crippen LogP contribution in [0.1, 0.15) is 5.56 Å². The molecule has 27 heavy (non-hydrogen) atoms. The molecule has 1 N–H and O–H groups in total. The number of anilines is 1. The topological polar surface area (TPSA) is 51.2 Å². The van der Waals surface area contributed by atoms with Crippen LogP contribution in [-0.2, 0) is 4.79 Å². The first-order valence-corrected chi connectivity index (χ1v) is 11.0. The van der Waals surface area contributed by atoms with Crippen LogP contribution in [0.15, 0.2) is 61.3 Å². The van der Waals surface area contributed by atoms with E-state index < -0.39 is 0 Å². The molecule has 3 rings (SSSR count). The van der Waals surface area contributed by atoms with Crippen molar-refractivity contribution in [1.82, 2.24) is 4.98 Å². The average molecular weight is 573 g/mol. The van der Waals surface area contributed by atoms with Gasteiger partial charge in [-0.15, -0.1) is 11.3 Å². The first-order chi connectivity index (χ1) is 13.0. The quantitative estimate of drug-likeness (QED) is 0.344. The molecular formula is C19H13Br3N2O2S. The van der Waals surface area contributed by atoms with Crippen LogP contribution in [0.5, 0.6) is 5.75 Å². The molecule has 0 radical (unpaired) electrons. The summed E-state index contributed by atoms with van der Waals surface area (Å²) in [6.07, 6.45) is 3.16. The largest absolute Gasteiger partial charge is 0.495 e. The second kappa shape index (κ2) is 9.14. The van der Waals surface area contributed by atoms with Gasteiger partial charge in [0.25, 0.3) is 0 Å². The molecule has 138 valence electrons. The van der Waals surface area contributed by atoms with Crippen molar-refractivity contribution in [3.63, 3.8) is 0 Å². The van der Waals surface area contributed by atoms with Gasteiger partial charge in [0.2, 0.25) is 5.91 Å². The number of hydrogen-bond donors (Lipinski definition) is 1. The SMILES string of the molecule is COc1c(Br)cc(Br)cc1/C=C/C(=O)Nc1nc(-c2ccc(Br)cc2)cs1. The minimum Gasteiger partial charge on any atom is -0.495 e. The van der Waals surface area contributed by atoms with E-state index in [2.05, 4.69) is 58.1 Å². The summed E-state index contributed by atoms with van der Waals surface area (Å²) in [5.74, 6) is 0.402. The van der Waals surface area contributed by atoms with Gasteiger partial charge in [0.1, 0.15) is 5.75 Å². The number of ether oxygens (including phenoxy) is 1. The molecule has 0 spiro atoms. The number of hydrogen-bond acceptors (Lipinski definition) is 4. The molecule has 8 heteroatoms. The van der Waals surface area contributed by atoms with Gasteiger partial charge in [0.05, 0.1) is 17.3 Å². The number of aromatic nitrogens is 1.